The van der Waals surface area contributed by atoms with Crippen LogP contribution in [-0.2, 0) is 20.8 Å². The van der Waals surface area contributed by atoms with Crippen LogP contribution in [-0.4, -0.2) is 45.4 Å². The van der Waals surface area contributed by atoms with Gasteiger partial charge in [-0.2, -0.15) is 0 Å². The monoisotopic (exact) mass is 510 g/mol. The van der Waals surface area contributed by atoms with Crippen molar-refractivity contribution < 1.29 is 19.5 Å². The van der Waals surface area contributed by atoms with Gasteiger partial charge >= 0.3 is 5.97 Å². The van der Waals surface area contributed by atoms with E-state index in [1.54, 1.807) is 0 Å². The van der Waals surface area contributed by atoms with Crippen LogP contribution in [0, 0.1) is 0 Å². The minimum Gasteiger partial charge on any atom is -0.480 e. The van der Waals surface area contributed by atoms with E-state index in [-0.39, 0.29) is 25.3 Å². The number of carbonyl (C=O) groups excluding carboxylic acids is 2. The van der Waals surface area contributed by atoms with Gasteiger partial charge in [0.15, 0.2) is 0 Å². The normalized spacial score (nSPS) is 12.9. The summed E-state index contributed by atoms with van der Waals surface area (Å²) in [6, 6.07) is -1.05. The number of carboxylic acid groups (broad SMARTS) is 1. The molecule has 202 valence electrons. The molecule has 4 N–H and O–H groups in total. The molecule has 0 aliphatic carbocycles. The maximum atomic E-state index is 12.0. The van der Waals surface area contributed by atoms with Gasteiger partial charge in [0.1, 0.15) is 6.04 Å². The van der Waals surface area contributed by atoms with E-state index in [0.29, 0.717) is 12.1 Å². The van der Waals surface area contributed by atoms with Crippen molar-refractivity contribution >= 4 is 17.8 Å². The number of imidazole rings is 1. The molecule has 0 aromatic carbocycles. The minimum atomic E-state index is -1.12. The summed E-state index contributed by atoms with van der Waals surface area (Å²) in [6.07, 6.45) is 31.4. The van der Waals surface area contributed by atoms with Crippen molar-refractivity contribution in [1.82, 2.24) is 20.6 Å². The van der Waals surface area contributed by atoms with Crippen LogP contribution < -0.4 is 10.6 Å². The lowest BCUT2D eigenvalue weighted by Gasteiger charge is -2.13. The Balaban J connectivity index is 2.04. The predicted octanol–water partition coefficient (Wildman–Crippen LogP) is 4.95. The van der Waals surface area contributed by atoms with Gasteiger partial charge in [-0.05, 0) is 44.9 Å². The number of H-pyrrole nitrogens is 1. The first kappa shape index (κ1) is 31.4. The molecular formula is C29H42N4O4. The summed E-state index contributed by atoms with van der Waals surface area (Å²) in [4.78, 5) is 41.9. The Morgan fingerprint density at radius 3 is 2.03 bits per heavy atom. The molecule has 0 bridgehead atoms. The van der Waals surface area contributed by atoms with Crippen molar-refractivity contribution in [2.24, 2.45) is 0 Å². The van der Waals surface area contributed by atoms with E-state index in [1.165, 1.54) is 12.5 Å². The molecule has 0 spiro atoms. The number of unbranched alkanes of at least 4 members (excludes halogenated alkanes) is 1. The predicted molar refractivity (Wildman–Crippen MR) is 148 cm³/mol. The van der Waals surface area contributed by atoms with Crippen LogP contribution in [0.3, 0.4) is 0 Å². The lowest BCUT2D eigenvalue weighted by molar-refractivity contribution is -0.141. The van der Waals surface area contributed by atoms with Crippen LogP contribution in [0.4, 0.5) is 0 Å². The number of aromatic amines is 1. The van der Waals surface area contributed by atoms with Crippen molar-refractivity contribution in [3.63, 3.8) is 0 Å². The lowest BCUT2D eigenvalue weighted by atomic mass is 10.1. The summed E-state index contributed by atoms with van der Waals surface area (Å²) >= 11 is 0. The van der Waals surface area contributed by atoms with Gasteiger partial charge in [0, 0.05) is 37.7 Å². The maximum Gasteiger partial charge on any atom is 0.326 e. The fraction of sp³-hybridized carbons (Fsp3) is 0.448. The average molecular weight is 511 g/mol. The Hall–Kier alpha value is -3.68. The second kappa shape index (κ2) is 21.6. The molecule has 1 aromatic rings. The molecule has 1 heterocycles. The van der Waals surface area contributed by atoms with E-state index in [2.05, 4.69) is 88.3 Å². The van der Waals surface area contributed by atoms with Crippen LogP contribution in [0.25, 0.3) is 0 Å². The molecule has 0 aliphatic heterocycles. The SMILES string of the molecule is CC/C=C\C/C=C\C/C=C\C/C=C\C/C=C\CCCC(=O)NCCC(=O)N[C@@H](Cc1cnc[nH]1)C(=O)O. The van der Waals surface area contributed by atoms with Crippen LogP contribution in [0.1, 0.15) is 70.4 Å². The van der Waals surface area contributed by atoms with Crippen LogP contribution >= 0.6 is 0 Å². The summed E-state index contributed by atoms with van der Waals surface area (Å²) in [5.41, 5.74) is 0.619. The highest BCUT2D eigenvalue weighted by Crippen LogP contribution is 2.01. The number of aromatic nitrogens is 2. The Morgan fingerprint density at radius 1 is 0.892 bits per heavy atom. The average Bonchev–Trinajstić information content (AvgIpc) is 3.38. The number of hydrogen-bond donors (Lipinski definition) is 4. The molecule has 1 atom stereocenters. The third-order valence-corrected chi connectivity index (χ3v) is 5.22. The van der Waals surface area contributed by atoms with Crippen molar-refractivity contribution in [1.29, 1.82) is 0 Å². The highest BCUT2D eigenvalue weighted by Gasteiger charge is 2.20. The van der Waals surface area contributed by atoms with Crippen molar-refractivity contribution in [3.05, 3.63) is 79.0 Å². The standard InChI is InChI=1S/C29H42N4O4/c1-2-3-4-5-6-7-8-9-10-11-12-13-14-15-16-17-18-19-27(34)31-21-20-28(35)33-26(29(36)37)22-25-23-30-24-32-25/h3-4,6-7,9-10,12-13,15-16,23-24,26H,2,5,8,11,14,17-22H2,1H3,(H,30,32)(H,31,34)(H,33,35)(H,36,37)/b4-3-,7-6-,10-9-,13-12-,16-15-/t26-/m0/s1. The summed E-state index contributed by atoms with van der Waals surface area (Å²) in [5, 5.41) is 14.5. The van der Waals surface area contributed by atoms with Gasteiger partial charge in [0.2, 0.25) is 11.8 Å². The Morgan fingerprint density at radius 2 is 1.49 bits per heavy atom. The van der Waals surface area contributed by atoms with Gasteiger partial charge in [-0.25, -0.2) is 9.78 Å². The van der Waals surface area contributed by atoms with Gasteiger partial charge in [-0.1, -0.05) is 67.7 Å². The number of carboxylic acids is 1. The summed E-state index contributed by atoms with van der Waals surface area (Å²) in [5.74, 6) is -1.67. The van der Waals surface area contributed by atoms with Crippen molar-refractivity contribution in [3.8, 4) is 0 Å². The first-order chi connectivity index (χ1) is 18.0. The Labute approximate surface area is 220 Å². The quantitative estimate of drug-likeness (QED) is 0.146. The second-order valence-corrected chi connectivity index (χ2v) is 8.44. The van der Waals surface area contributed by atoms with E-state index in [0.717, 1.165) is 44.9 Å². The molecule has 1 rings (SSSR count). The third kappa shape index (κ3) is 18.3. The van der Waals surface area contributed by atoms with Gasteiger partial charge in [0.05, 0.1) is 6.33 Å². The zero-order valence-electron chi connectivity index (χ0n) is 21.9. The van der Waals surface area contributed by atoms with Crippen molar-refractivity contribution in [2.45, 2.75) is 77.2 Å². The van der Waals surface area contributed by atoms with Crippen LogP contribution in [0.5, 0.6) is 0 Å². The molecule has 37 heavy (non-hydrogen) atoms. The van der Waals surface area contributed by atoms with E-state index in [4.69, 9.17) is 0 Å². The highest BCUT2D eigenvalue weighted by molar-refractivity contribution is 5.84. The molecule has 0 aliphatic rings. The Kier molecular flexibility index (Phi) is 18.3. The van der Waals surface area contributed by atoms with Gasteiger partial charge < -0.3 is 20.7 Å². The number of amides is 2. The molecule has 2 amide bonds. The molecule has 0 unspecified atom stereocenters. The lowest BCUT2D eigenvalue weighted by Crippen LogP contribution is -2.43. The number of rotatable bonds is 20. The number of nitrogens with one attached hydrogen (secondary N) is 3. The molecular weight excluding hydrogens is 468 g/mol. The van der Waals surface area contributed by atoms with E-state index < -0.39 is 17.9 Å². The van der Waals surface area contributed by atoms with E-state index >= 15 is 0 Å². The summed E-state index contributed by atoms with van der Waals surface area (Å²) < 4.78 is 0. The first-order valence-corrected chi connectivity index (χ1v) is 13.0. The number of allylic oxidation sites excluding steroid dienone is 10. The molecule has 0 saturated heterocycles. The topological polar surface area (TPSA) is 124 Å². The maximum absolute atomic E-state index is 12.0. The van der Waals surface area contributed by atoms with Gasteiger partial charge in [-0.3, -0.25) is 9.59 Å². The minimum absolute atomic E-state index is 0.0211. The van der Waals surface area contributed by atoms with Crippen LogP contribution in [0.15, 0.2) is 73.3 Å². The zero-order valence-corrected chi connectivity index (χ0v) is 21.9. The van der Waals surface area contributed by atoms with E-state index in [9.17, 15) is 19.5 Å². The number of carbonyl (C=O) groups is 3. The van der Waals surface area contributed by atoms with Gasteiger partial charge in [-0.15, -0.1) is 0 Å². The van der Waals surface area contributed by atoms with E-state index in [1.807, 2.05) is 0 Å². The molecule has 8 nitrogen and oxygen atoms in total. The van der Waals surface area contributed by atoms with Crippen molar-refractivity contribution in [2.75, 3.05) is 6.54 Å². The number of aliphatic carboxylic acids is 1. The Bertz CT molecular complexity index is 914. The third-order valence-electron chi connectivity index (χ3n) is 5.22. The first-order valence-electron chi connectivity index (χ1n) is 13.0. The van der Waals surface area contributed by atoms with Crippen LogP contribution in [0.2, 0.25) is 0 Å². The van der Waals surface area contributed by atoms with Gasteiger partial charge in [0.25, 0.3) is 0 Å². The molecule has 8 heteroatoms. The summed E-state index contributed by atoms with van der Waals surface area (Å²) in [6.45, 7) is 2.31. The fourth-order valence-electron chi connectivity index (χ4n) is 3.24. The number of nitrogens with zero attached hydrogens (tertiary/aromatic N) is 1. The molecule has 0 fully saturated rings. The smallest absolute Gasteiger partial charge is 0.326 e. The summed E-state index contributed by atoms with van der Waals surface area (Å²) in [7, 11) is 0. The second-order valence-electron chi connectivity index (χ2n) is 8.44. The molecule has 1 aromatic heterocycles. The highest BCUT2D eigenvalue weighted by atomic mass is 16.4. The number of hydrogen-bond acceptors (Lipinski definition) is 4. The zero-order chi connectivity index (χ0) is 27.0. The fourth-order valence-corrected chi connectivity index (χ4v) is 3.24. The molecule has 0 saturated carbocycles. The largest absolute Gasteiger partial charge is 0.480 e. The molecule has 0 radical (unpaired) electrons.